The van der Waals surface area contributed by atoms with Crippen molar-refractivity contribution in [2.45, 2.75) is 49.4 Å². The lowest BCUT2D eigenvalue weighted by Gasteiger charge is -2.57. The van der Waals surface area contributed by atoms with E-state index in [4.69, 9.17) is 0 Å². The normalized spacial score (nSPS) is 52.6. The first kappa shape index (κ1) is 12.8. The largest absolute Gasteiger partial charge is 0.508 e. The molecule has 5 heterocycles. The highest BCUT2D eigenvalue weighted by molar-refractivity contribution is 5.67. The average molecular weight is 310 g/mol. The van der Waals surface area contributed by atoms with Gasteiger partial charge in [0.1, 0.15) is 5.75 Å². The van der Waals surface area contributed by atoms with Gasteiger partial charge in [0.05, 0.1) is 12.1 Å². The molecule has 4 saturated heterocycles. The Morgan fingerprint density at radius 3 is 3.04 bits per heavy atom. The Morgan fingerprint density at radius 2 is 2.22 bits per heavy atom. The Balaban J connectivity index is 1.59. The lowest BCUT2D eigenvalue weighted by Crippen LogP contribution is -2.66. The maximum atomic E-state index is 11.4. The van der Waals surface area contributed by atoms with E-state index in [0.717, 1.165) is 30.6 Å². The third-order valence-electron chi connectivity index (χ3n) is 7.66. The summed E-state index contributed by atoms with van der Waals surface area (Å²) in [6.45, 7) is 3.22. The number of nitrogens with one attached hydrogen (secondary N) is 1. The van der Waals surface area contributed by atoms with Crippen LogP contribution < -0.4 is 5.32 Å². The summed E-state index contributed by atoms with van der Waals surface area (Å²) >= 11 is 0. The second kappa shape index (κ2) is 3.76. The van der Waals surface area contributed by atoms with Gasteiger partial charge in [0, 0.05) is 35.6 Å². The molecular formula is C19H22N2O2. The minimum atomic E-state index is -0.316. The van der Waals surface area contributed by atoms with Crippen LogP contribution in [0.1, 0.15) is 25.3 Å². The number of fused-ring (bicyclic) bond motifs is 2. The number of aliphatic hydroxyl groups is 1. The van der Waals surface area contributed by atoms with E-state index in [1.54, 1.807) is 6.07 Å². The lowest BCUT2D eigenvalue weighted by molar-refractivity contribution is -0.0318. The van der Waals surface area contributed by atoms with Gasteiger partial charge >= 0.3 is 0 Å². The van der Waals surface area contributed by atoms with Crippen LogP contribution in [-0.2, 0) is 5.41 Å². The van der Waals surface area contributed by atoms with Crippen LogP contribution in [0.2, 0.25) is 0 Å². The second-order valence-corrected chi connectivity index (χ2v) is 8.13. The van der Waals surface area contributed by atoms with E-state index >= 15 is 0 Å². The molecule has 1 saturated carbocycles. The molecule has 7 rings (SSSR count). The summed E-state index contributed by atoms with van der Waals surface area (Å²) in [7, 11) is 0. The number of anilines is 1. The number of phenolic OH excluding ortho intramolecular Hbond substituents is 1. The molecule has 0 amide bonds. The van der Waals surface area contributed by atoms with E-state index in [0.29, 0.717) is 29.7 Å². The molecule has 1 aliphatic carbocycles. The van der Waals surface area contributed by atoms with Gasteiger partial charge in [-0.25, -0.2) is 0 Å². The lowest BCUT2D eigenvalue weighted by atomic mass is 9.65. The van der Waals surface area contributed by atoms with E-state index in [1.165, 1.54) is 5.57 Å². The van der Waals surface area contributed by atoms with Crippen molar-refractivity contribution in [2.75, 3.05) is 11.9 Å². The number of nitrogens with zero attached hydrogens (tertiary/aromatic N) is 1. The van der Waals surface area contributed by atoms with Gasteiger partial charge in [-0.3, -0.25) is 4.90 Å². The fourth-order valence-electron chi connectivity index (χ4n) is 6.90. The third-order valence-corrected chi connectivity index (χ3v) is 7.66. The molecule has 1 spiro atoms. The Bertz CT molecular complexity index is 760. The molecule has 3 N–H and O–H groups in total. The van der Waals surface area contributed by atoms with E-state index in [1.807, 2.05) is 12.1 Å². The predicted molar refractivity (Wildman–Crippen MR) is 87.5 cm³/mol. The van der Waals surface area contributed by atoms with Crippen molar-refractivity contribution in [2.24, 2.45) is 11.8 Å². The molecule has 4 nitrogen and oxygen atoms in total. The van der Waals surface area contributed by atoms with E-state index in [9.17, 15) is 10.2 Å². The fraction of sp³-hybridized carbons (Fsp3) is 0.579. The summed E-state index contributed by atoms with van der Waals surface area (Å²) < 4.78 is 0. The first-order chi connectivity index (χ1) is 11.1. The quantitative estimate of drug-likeness (QED) is 0.505. The van der Waals surface area contributed by atoms with E-state index in [2.05, 4.69) is 23.2 Å². The van der Waals surface area contributed by atoms with Crippen LogP contribution in [0.4, 0.5) is 5.69 Å². The Hall–Kier alpha value is -1.52. The molecule has 1 aromatic rings. The Labute approximate surface area is 135 Å². The molecule has 0 radical (unpaired) electrons. The molecule has 5 fully saturated rings. The molecule has 4 heteroatoms. The number of benzene rings is 1. The SMILES string of the molecule is C/C=C1\CN2C3CC45c6cc(O)ccc6NC4C2CC1C3C5O. The van der Waals surface area contributed by atoms with Crippen LogP contribution in [-0.4, -0.2) is 45.9 Å². The molecule has 8 atom stereocenters. The minimum absolute atomic E-state index is 0.206. The number of aromatic hydroxyl groups is 1. The second-order valence-electron chi connectivity index (χ2n) is 8.13. The van der Waals surface area contributed by atoms with Gasteiger partial charge in [-0.05, 0) is 49.4 Å². The topological polar surface area (TPSA) is 55.7 Å². The zero-order chi connectivity index (χ0) is 15.5. The van der Waals surface area contributed by atoms with Crippen molar-refractivity contribution in [1.29, 1.82) is 0 Å². The molecule has 6 aliphatic rings. The van der Waals surface area contributed by atoms with Gasteiger partial charge in [0.15, 0.2) is 0 Å². The highest BCUT2D eigenvalue weighted by atomic mass is 16.3. The Kier molecular flexibility index (Phi) is 2.10. The van der Waals surface area contributed by atoms with Crippen LogP contribution in [0, 0.1) is 11.8 Å². The molecule has 0 aromatic heterocycles. The van der Waals surface area contributed by atoms with Gasteiger partial charge in [-0.15, -0.1) is 0 Å². The van der Waals surface area contributed by atoms with Crippen molar-refractivity contribution in [1.82, 2.24) is 4.90 Å². The predicted octanol–water partition coefficient (Wildman–Crippen LogP) is 1.84. The summed E-state index contributed by atoms with van der Waals surface area (Å²) in [6.07, 6.45) is 4.15. The average Bonchev–Trinajstić information content (AvgIpc) is 3.01. The number of allylic oxidation sites excluding steroid dienone is 1. The number of hydrogen-bond donors (Lipinski definition) is 3. The maximum Gasteiger partial charge on any atom is 0.116 e. The molecule has 23 heavy (non-hydrogen) atoms. The highest BCUT2D eigenvalue weighted by Crippen LogP contribution is 2.66. The number of piperidine rings is 4. The van der Waals surface area contributed by atoms with Crippen LogP contribution in [0.25, 0.3) is 0 Å². The van der Waals surface area contributed by atoms with Gasteiger partial charge in [-0.2, -0.15) is 0 Å². The van der Waals surface area contributed by atoms with Gasteiger partial charge < -0.3 is 15.5 Å². The van der Waals surface area contributed by atoms with Gasteiger partial charge in [0.2, 0.25) is 0 Å². The molecule has 1 aromatic carbocycles. The van der Waals surface area contributed by atoms with Crippen molar-refractivity contribution in [3.05, 3.63) is 35.4 Å². The maximum absolute atomic E-state index is 11.4. The van der Waals surface area contributed by atoms with Gasteiger partial charge in [-0.1, -0.05) is 11.6 Å². The smallest absolute Gasteiger partial charge is 0.116 e. The van der Waals surface area contributed by atoms with Crippen molar-refractivity contribution < 1.29 is 10.2 Å². The van der Waals surface area contributed by atoms with Crippen LogP contribution in [0.15, 0.2) is 29.8 Å². The summed E-state index contributed by atoms with van der Waals surface area (Å²) in [5, 5.41) is 25.2. The molecule has 5 aliphatic heterocycles. The third kappa shape index (κ3) is 1.20. The number of phenols is 1. The monoisotopic (exact) mass is 310 g/mol. The van der Waals surface area contributed by atoms with Crippen LogP contribution >= 0.6 is 0 Å². The fourth-order valence-corrected chi connectivity index (χ4v) is 6.90. The standard InChI is InChI=1S/C19H22N2O2/c1-2-9-8-21-14-6-11(9)16-15(21)7-19(18(16)23)12-5-10(22)3-4-13(12)20-17(14)19/h2-5,11,14-18,20,22-23H,6-8H2,1H3/b9-2+. The van der Waals surface area contributed by atoms with Crippen molar-refractivity contribution >= 4 is 5.69 Å². The van der Waals surface area contributed by atoms with Crippen LogP contribution in [0.5, 0.6) is 5.75 Å². The zero-order valence-corrected chi connectivity index (χ0v) is 13.2. The first-order valence-corrected chi connectivity index (χ1v) is 8.84. The van der Waals surface area contributed by atoms with E-state index < -0.39 is 0 Å². The minimum Gasteiger partial charge on any atom is -0.508 e. The summed E-state index contributed by atoms with van der Waals surface area (Å²) in [5.74, 6) is 1.21. The molecule has 120 valence electrons. The van der Waals surface area contributed by atoms with Crippen molar-refractivity contribution in [3.63, 3.8) is 0 Å². The summed E-state index contributed by atoms with van der Waals surface area (Å²) in [4.78, 5) is 2.66. The number of rotatable bonds is 0. The van der Waals surface area contributed by atoms with Crippen LogP contribution in [0.3, 0.4) is 0 Å². The Morgan fingerprint density at radius 1 is 1.35 bits per heavy atom. The first-order valence-electron chi connectivity index (χ1n) is 8.84. The number of hydrogen-bond acceptors (Lipinski definition) is 4. The summed E-state index contributed by atoms with van der Waals surface area (Å²) in [5.41, 5.74) is 3.58. The van der Waals surface area contributed by atoms with E-state index in [-0.39, 0.29) is 17.6 Å². The van der Waals surface area contributed by atoms with Crippen molar-refractivity contribution in [3.8, 4) is 5.75 Å². The zero-order valence-electron chi connectivity index (χ0n) is 13.2. The number of aliphatic hydroxyl groups excluding tert-OH is 1. The molecule has 8 unspecified atom stereocenters. The molecule has 5 bridgehead atoms. The van der Waals surface area contributed by atoms with Gasteiger partial charge in [0.25, 0.3) is 0 Å². The highest BCUT2D eigenvalue weighted by Gasteiger charge is 2.73. The summed E-state index contributed by atoms with van der Waals surface area (Å²) in [6, 6.07) is 6.91. The molecular weight excluding hydrogens is 288 g/mol.